The van der Waals surface area contributed by atoms with Crippen molar-refractivity contribution in [2.75, 3.05) is 18.5 Å². The molecule has 4 aromatic rings. The molecule has 5 nitrogen and oxygen atoms in total. The number of para-hydroxylation sites is 1. The molecule has 0 radical (unpaired) electrons. The summed E-state index contributed by atoms with van der Waals surface area (Å²) in [4.78, 5) is 0. The third-order valence-corrected chi connectivity index (χ3v) is 8.22. The summed E-state index contributed by atoms with van der Waals surface area (Å²) >= 11 is 0. The topological polar surface area (TPSA) is 49.0 Å². The lowest BCUT2D eigenvalue weighted by atomic mass is 9.96. The van der Waals surface area contributed by atoms with E-state index in [-0.39, 0.29) is 24.4 Å². The van der Waals surface area contributed by atoms with E-state index in [9.17, 15) is 0 Å². The molecule has 2 unspecified atom stereocenters. The van der Waals surface area contributed by atoms with Gasteiger partial charge in [-0.15, -0.1) is 0 Å². The fraction of sp³-hybridized carbons (Fsp3) is 0.378. The van der Waals surface area contributed by atoms with Crippen LogP contribution in [0, 0.1) is 6.92 Å². The summed E-state index contributed by atoms with van der Waals surface area (Å²) in [6, 6.07) is 31.2. The van der Waals surface area contributed by atoms with Crippen LogP contribution in [0.2, 0.25) is 0 Å². The van der Waals surface area contributed by atoms with Gasteiger partial charge in [0.25, 0.3) is 0 Å². The highest BCUT2D eigenvalue weighted by atomic mass is 16.5. The number of hydrogen-bond donors (Lipinski definition) is 1. The minimum Gasteiger partial charge on any atom is -0.494 e. The van der Waals surface area contributed by atoms with Crippen LogP contribution in [0.5, 0.6) is 11.5 Å². The number of ether oxygens (including phenoxy) is 4. The molecule has 0 saturated carbocycles. The lowest BCUT2D eigenvalue weighted by Crippen LogP contribution is -2.09. The highest BCUT2D eigenvalue weighted by Gasteiger charge is 2.16. The lowest BCUT2D eigenvalue weighted by molar-refractivity contribution is 0.0350. The molecule has 266 valence electrons. The molecule has 4 rings (SSSR count). The first-order valence-corrected chi connectivity index (χ1v) is 18.4. The minimum absolute atomic E-state index is 0.0429. The second kappa shape index (κ2) is 20.4. The van der Waals surface area contributed by atoms with Gasteiger partial charge in [0.15, 0.2) is 0 Å². The van der Waals surface area contributed by atoms with Crippen molar-refractivity contribution in [1.82, 2.24) is 0 Å². The monoisotopic (exact) mass is 675 g/mol. The van der Waals surface area contributed by atoms with E-state index in [0.29, 0.717) is 0 Å². The predicted octanol–water partition coefficient (Wildman–Crippen LogP) is 12.5. The first kappa shape index (κ1) is 38.5. The SMILES string of the molecule is CCCCOc1ccc(C(/C=C/c2c(C)ccc(Nc3ccccc3)c2/C=C/C(OC(C)C)c2ccc(OCCCC)cc2)OC(C)C)cc1. The molecule has 0 bridgehead atoms. The Hall–Kier alpha value is -4.32. The second-order valence-electron chi connectivity index (χ2n) is 13.2. The minimum atomic E-state index is -0.239. The van der Waals surface area contributed by atoms with Gasteiger partial charge in [0, 0.05) is 16.9 Å². The maximum Gasteiger partial charge on any atom is 0.119 e. The van der Waals surface area contributed by atoms with E-state index in [1.165, 1.54) is 0 Å². The van der Waals surface area contributed by atoms with Gasteiger partial charge in [-0.2, -0.15) is 0 Å². The zero-order valence-electron chi connectivity index (χ0n) is 31.2. The summed E-state index contributed by atoms with van der Waals surface area (Å²) in [5.74, 6) is 1.76. The van der Waals surface area contributed by atoms with Crippen molar-refractivity contribution in [2.45, 2.75) is 98.6 Å². The van der Waals surface area contributed by atoms with Crippen LogP contribution in [0.4, 0.5) is 11.4 Å². The fourth-order valence-electron chi connectivity index (χ4n) is 5.53. The normalized spacial score (nSPS) is 13.0. The Bertz CT molecular complexity index is 1610. The molecule has 0 heterocycles. The molecule has 0 saturated heterocycles. The highest BCUT2D eigenvalue weighted by molar-refractivity contribution is 5.80. The fourth-order valence-corrected chi connectivity index (χ4v) is 5.53. The molecule has 0 aromatic heterocycles. The van der Waals surface area contributed by atoms with Crippen LogP contribution in [-0.4, -0.2) is 25.4 Å². The smallest absolute Gasteiger partial charge is 0.119 e. The first-order chi connectivity index (χ1) is 24.3. The summed E-state index contributed by atoms with van der Waals surface area (Å²) in [7, 11) is 0. The van der Waals surface area contributed by atoms with E-state index < -0.39 is 0 Å². The zero-order valence-corrected chi connectivity index (χ0v) is 31.2. The molecule has 0 aliphatic heterocycles. The van der Waals surface area contributed by atoms with E-state index in [1.54, 1.807) is 0 Å². The molecule has 0 amide bonds. The summed E-state index contributed by atoms with van der Waals surface area (Å²) in [5, 5.41) is 3.67. The summed E-state index contributed by atoms with van der Waals surface area (Å²) in [6.07, 6.45) is 12.7. The average Bonchev–Trinajstić information content (AvgIpc) is 3.11. The van der Waals surface area contributed by atoms with E-state index in [1.807, 2.05) is 42.5 Å². The van der Waals surface area contributed by atoms with Crippen LogP contribution in [-0.2, 0) is 9.47 Å². The number of hydrogen-bond acceptors (Lipinski definition) is 5. The Kier molecular flexibility index (Phi) is 15.7. The molecular weight excluding hydrogens is 618 g/mol. The molecule has 1 N–H and O–H groups in total. The standard InChI is InChI=1S/C45H57NO4/c1-8-10-31-47-39-22-18-36(19-23-39)44(49-33(3)4)29-26-41-35(7)17-28-43(46-38-15-13-12-14-16-38)42(41)27-30-45(50-34(5)6)37-20-24-40(25-21-37)48-32-11-9-2/h12-30,33-34,44-46H,8-11,31-32H2,1-7H3/b29-26+,30-27+. The zero-order chi connectivity index (χ0) is 35.7. The van der Waals surface area contributed by atoms with Crippen molar-refractivity contribution in [2.24, 2.45) is 0 Å². The maximum absolute atomic E-state index is 6.47. The van der Waals surface area contributed by atoms with Crippen LogP contribution >= 0.6 is 0 Å². The van der Waals surface area contributed by atoms with Crippen LogP contribution < -0.4 is 14.8 Å². The summed E-state index contributed by atoms with van der Waals surface area (Å²) in [6.45, 7) is 16.3. The largest absolute Gasteiger partial charge is 0.494 e. The number of nitrogens with one attached hydrogen (secondary N) is 1. The van der Waals surface area contributed by atoms with Gasteiger partial charge in [0.2, 0.25) is 0 Å². The molecule has 4 aromatic carbocycles. The first-order valence-electron chi connectivity index (χ1n) is 18.4. The van der Waals surface area contributed by atoms with Gasteiger partial charge in [-0.3, -0.25) is 0 Å². The van der Waals surface area contributed by atoms with Crippen molar-refractivity contribution in [1.29, 1.82) is 0 Å². The van der Waals surface area contributed by atoms with Crippen LogP contribution in [0.3, 0.4) is 0 Å². The average molecular weight is 676 g/mol. The molecule has 0 aliphatic rings. The number of benzene rings is 4. The van der Waals surface area contributed by atoms with E-state index in [4.69, 9.17) is 18.9 Å². The van der Waals surface area contributed by atoms with Gasteiger partial charge >= 0.3 is 0 Å². The van der Waals surface area contributed by atoms with Crippen molar-refractivity contribution in [3.8, 4) is 11.5 Å². The van der Waals surface area contributed by atoms with Crippen LogP contribution in [0.25, 0.3) is 12.2 Å². The number of unbranched alkanes of at least 4 members (excludes halogenated alkanes) is 2. The lowest BCUT2D eigenvalue weighted by Gasteiger charge is -2.20. The molecule has 2 atom stereocenters. The van der Waals surface area contributed by atoms with Gasteiger partial charge in [0.05, 0.1) is 25.4 Å². The van der Waals surface area contributed by atoms with Gasteiger partial charge < -0.3 is 24.3 Å². The predicted molar refractivity (Wildman–Crippen MR) is 211 cm³/mol. The maximum atomic E-state index is 6.47. The number of rotatable bonds is 20. The van der Waals surface area contributed by atoms with Gasteiger partial charge in [-0.05, 0) is 112 Å². The van der Waals surface area contributed by atoms with Crippen molar-refractivity contribution >= 4 is 23.5 Å². The Morgan fingerprint density at radius 2 is 1.06 bits per heavy atom. The molecule has 5 heteroatoms. The molecular formula is C45H57NO4. The Labute approximate surface area is 301 Å². The third kappa shape index (κ3) is 12.2. The third-order valence-electron chi connectivity index (χ3n) is 8.22. The van der Waals surface area contributed by atoms with Crippen LogP contribution in [0.1, 0.15) is 107 Å². The van der Waals surface area contributed by atoms with Gasteiger partial charge in [-0.25, -0.2) is 0 Å². The van der Waals surface area contributed by atoms with Crippen molar-refractivity contribution < 1.29 is 18.9 Å². The quantitative estimate of drug-likeness (QED) is 0.0945. The number of anilines is 2. The van der Waals surface area contributed by atoms with Crippen LogP contribution in [0.15, 0.2) is 103 Å². The van der Waals surface area contributed by atoms with E-state index >= 15 is 0 Å². The Morgan fingerprint density at radius 3 is 1.52 bits per heavy atom. The van der Waals surface area contributed by atoms with Crippen molar-refractivity contribution in [3.63, 3.8) is 0 Å². The highest BCUT2D eigenvalue weighted by Crippen LogP contribution is 2.33. The Morgan fingerprint density at radius 1 is 0.580 bits per heavy atom. The van der Waals surface area contributed by atoms with Gasteiger partial charge in [-0.1, -0.05) is 99.5 Å². The number of aryl methyl sites for hydroxylation is 1. The van der Waals surface area contributed by atoms with E-state index in [0.717, 1.165) is 89.6 Å². The van der Waals surface area contributed by atoms with Gasteiger partial charge in [0.1, 0.15) is 23.7 Å². The molecule has 0 spiro atoms. The Balaban J connectivity index is 1.72. The second-order valence-corrected chi connectivity index (χ2v) is 13.2. The van der Waals surface area contributed by atoms with Crippen molar-refractivity contribution in [3.05, 3.63) is 131 Å². The summed E-state index contributed by atoms with van der Waals surface area (Å²) in [5.41, 5.74) is 7.54. The molecule has 0 aliphatic carbocycles. The van der Waals surface area contributed by atoms with E-state index in [2.05, 4.69) is 127 Å². The summed E-state index contributed by atoms with van der Waals surface area (Å²) < 4.78 is 24.8. The molecule has 0 fully saturated rings. The molecule has 50 heavy (non-hydrogen) atoms.